The van der Waals surface area contributed by atoms with Crippen LogP contribution in [0.1, 0.15) is 5.56 Å². The Kier molecular flexibility index (Phi) is 4.35. The summed E-state index contributed by atoms with van der Waals surface area (Å²) in [5.74, 6) is 0.217. The molecule has 4 aromatic rings. The van der Waals surface area contributed by atoms with E-state index in [2.05, 4.69) is 10.3 Å². The van der Waals surface area contributed by atoms with Crippen LogP contribution in [0.2, 0.25) is 0 Å². The number of fused-ring (bicyclic) bond motifs is 1. The van der Waals surface area contributed by atoms with E-state index in [-0.39, 0.29) is 16.9 Å². The highest BCUT2D eigenvalue weighted by atomic mass is 19.4. The van der Waals surface area contributed by atoms with Gasteiger partial charge in [-0.25, -0.2) is 9.55 Å². The van der Waals surface area contributed by atoms with Crippen molar-refractivity contribution in [2.24, 2.45) is 0 Å². The number of nitrogens with zero attached hydrogens (tertiary/aromatic N) is 2. The van der Waals surface area contributed by atoms with Crippen LogP contribution in [0.3, 0.4) is 0 Å². The van der Waals surface area contributed by atoms with Crippen LogP contribution < -0.4 is 10.9 Å². The highest BCUT2D eigenvalue weighted by Gasteiger charge is 2.31. The molecule has 1 aromatic heterocycles. The molecule has 0 bridgehead atoms. The number of hydrogen-bond donors (Lipinski definition) is 1. The molecule has 1 heterocycles. The summed E-state index contributed by atoms with van der Waals surface area (Å²) >= 11 is 0. The fourth-order valence-corrected chi connectivity index (χ4v) is 2.91. The molecule has 0 aliphatic carbocycles. The van der Waals surface area contributed by atoms with E-state index in [1.54, 1.807) is 42.5 Å². The number of nitrogens with one attached hydrogen (secondary N) is 1. The number of aromatic nitrogens is 2. The third-order valence-electron chi connectivity index (χ3n) is 4.24. The van der Waals surface area contributed by atoms with Crippen molar-refractivity contribution in [1.82, 2.24) is 9.55 Å². The monoisotopic (exact) mass is 381 g/mol. The lowest BCUT2D eigenvalue weighted by Crippen LogP contribution is -2.23. The lowest BCUT2D eigenvalue weighted by Gasteiger charge is -2.15. The van der Waals surface area contributed by atoms with Gasteiger partial charge in [0.25, 0.3) is 5.56 Å². The highest BCUT2D eigenvalue weighted by Crippen LogP contribution is 2.31. The number of benzene rings is 3. The molecule has 0 fully saturated rings. The second-order valence-corrected chi connectivity index (χ2v) is 6.13. The number of para-hydroxylation sites is 2. The molecule has 7 heteroatoms. The van der Waals surface area contributed by atoms with Gasteiger partial charge in [-0.15, -0.1) is 0 Å². The van der Waals surface area contributed by atoms with Crippen LogP contribution in [0.5, 0.6) is 0 Å². The van der Waals surface area contributed by atoms with Crippen LogP contribution in [0.25, 0.3) is 16.6 Å². The topological polar surface area (TPSA) is 46.9 Å². The molecule has 0 saturated carbocycles. The van der Waals surface area contributed by atoms with Crippen molar-refractivity contribution >= 4 is 22.5 Å². The summed E-state index contributed by atoms with van der Waals surface area (Å²) in [6, 6.07) is 20.7. The first-order valence-corrected chi connectivity index (χ1v) is 8.45. The van der Waals surface area contributed by atoms with Crippen LogP contribution in [-0.4, -0.2) is 9.55 Å². The normalized spacial score (nSPS) is 11.5. The minimum Gasteiger partial charge on any atom is -0.325 e. The van der Waals surface area contributed by atoms with Gasteiger partial charge in [-0.3, -0.25) is 4.79 Å². The Bertz CT molecular complexity index is 1190. The van der Waals surface area contributed by atoms with Gasteiger partial charge in [0.1, 0.15) is 0 Å². The van der Waals surface area contributed by atoms with Gasteiger partial charge in [0.05, 0.1) is 22.2 Å². The molecule has 0 aliphatic heterocycles. The Hall–Kier alpha value is -3.61. The Morgan fingerprint density at radius 2 is 1.50 bits per heavy atom. The van der Waals surface area contributed by atoms with Crippen molar-refractivity contribution < 1.29 is 13.2 Å². The zero-order valence-corrected chi connectivity index (χ0v) is 14.4. The Morgan fingerprint density at radius 3 is 2.14 bits per heavy atom. The summed E-state index contributed by atoms with van der Waals surface area (Å²) < 4.78 is 40.6. The summed E-state index contributed by atoms with van der Waals surface area (Å²) in [7, 11) is 0. The largest absolute Gasteiger partial charge is 0.416 e. The standard InChI is InChI=1S/C21H14F3N3O/c22-21(23,24)14-11-12-18-17(13-14)19(28)27(16-9-5-2-6-10-16)20(26-18)25-15-7-3-1-4-8-15/h1-13H,(H,25,26). The first-order valence-electron chi connectivity index (χ1n) is 8.45. The average Bonchev–Trinajstić information content (AvgIpc) is 2.69. The molecule has 0 unspecified atom stereocenters. The molecule has 3 aromatic carbocycles. The molecule has 0 amide bonds. The molecule has 0 aliphatic rings. The molecule has 140 valence electrons. The van der Waals surface area contributed by atoms with Crippen molar-refractivity contribution in [2.45, 2.75) is 6.18 Å². The lowest BCUT2D eigenvalue weighted by molar-refractivity contribution is -0.137. The molecular weight excluding hydrogens is 367 g/mol. The van der Waals surface area contributed by atoms with Gasteiger partial charge in [0.2, 0.25) is 5.95 Å². The van der Waals surface area contributed by atoms with Gasteiger partial charge >= 0.3 is 6.18 Å². The van der Waals surface area contributed by atoms with Gasteiger partial charge in [-0.05, 0) is 42.5 Å². The second-order valence-electron chi connectivity index (χ2n) is 6.13. The van der Waals surface area contributed by atoms with Crippen molar-refractivity contribution in [3.63, 3.8) is 0 Å². The van der Waals surface area contributed by atoms with E-state index >= 15 is 0 Å². The molecule has 0 spiro atoms. The molecule has 0 saturated heterocycles. The van der Waals surface area contributed by atoms with E-state index in [9.17, 15) is 18.0 Å². The summed E-state index contributed by atoms with van der Waals surface area (Å²) in [5, 5.41) is 2.98. The van der Waals surface area contributed by atoms with E-state index < -0.39 is 17.3 Å². The Labute approximate surface area is 157 Å². The highest BCUT2D eigenvalue weighted by molar-refractivity contribution is 5.81. The summed E-state index contributed by atoms with van der Waals surface area (Å²) in [4.78, 5) is 17.6. The molecular formula is C21H14F3N3O. The first kappa shape index (κ1) is 17.8. The summed E-state index contributed by atoms with van der Waals surface area (Å²) in [6.45, 7) is 0. The quantitative estimate of drug-likeness (QED) is 0.534. The molecule has 4 rings (SSSR count). The number of hydrogen-bond acceptors (Lipinski definition) is 3. The maximum atomic E-state index is 13.1. The van der Waals surface area contributed by atoms with Crippen molar-refractivity contribution in [2.75, 3.05) is 5.32 Å². The fourth-order valence-electron chi connectivity index (χ4n) is 2.91. The van der Waals surface area contributed by atoms with Crippen LogP contribution in [0.4, 0.5) is 24.8 Å². The molecule has 28 heavy (non-hydrogen) atoms. The molecule has 1 N–H and O–H groups in total. The van der Waals surface area contributed by atoms with Gasteiger partial charge in [0, 0.05) is 5.69 Å². The fraction of sp³-hybridized carbons (Fsp3) is 0.0476. The Balaban J connectivity index is 1.98. The number of halogens is 3. The van der Waals surface area contributed by atoms with Crippen molar-refractivity contribution in [3.8, 4) is 5.69 Å². The Morgan fingerprint density at radius 1 is 0.857 bits per heavy atom. The van der Waals surface area contributed by atoms with E-state index in [4.69, 9.17) is 0 Å². The van der Waals surface area contributed by atoms with Crippen molar-refractivity contribution in [1.29, 1.82) is 0 Å². The zero-order chi connectivity index (χ0) is 19.7. The minimum absolute atomic E-state index is 0.0997. The van der Waals surface area contributed by atoms with Crippen LogP contribution in [0.15, 0.2) is 83.7 Å². The van der Waals surface area contributed by atoms with E-state index in [0.717, 1.165) is 12.1 Å². The first-order chi connectivity index (χ1) is 13.4. The van der Waals surface area contributed by atoms with Crippen LogP contribution >= 0.6 is 0 Å². The van der Waals surface area contributed by atoms with Crippen LogP contribution in [0, 0.1) is 0 Å². The van der Waals surface area contributed by atoms with Gasteiger partial charge < -0.3 is 5.32 Å². The number of anilines is 2. The smallest absolute Gasteiger partial charge is 0.325 e. The lowest BCUT2D eigenvalue weighted by atomic mass is 10.1. The van der Waals surface area contributed by atoms with Gasteiger partial charge in [-0.1, -0.05) is 36.4 Å². The molecule has 4 nitrogen and oxygen atoms in total. The third kappa shape index (κ3) is 3.34. The number of alkyl halides is 3. The zero-order valence-electron chi connectivity index (χ0n) is 14.4. The predicted molar refractivity (Wildman–Crippen MR) is 102 cm³/mol. The van der Waals surface area contributed by atoms with Gasteiger partial charge in [-0.2, -0.15) is 13.2 Å². The van der Waals surface area contributed by atoms with Crippen LogP contribution in [-0.2, 0) is 6.18 Å². The van der Waals surface area contributed by atoms with E-state index in [1.165, 1.54) is 10.6 Å². The molecule has 0 atom stereocenters. The molecule has 0 radical (unpaired) electrons. The van der Waals surface area contributed by atoms with E-state index in [1.807, 2.05) is 18.2 Å². The minimum atomic E-state index is -4.54. The second kappa shape index (κ2) is 6.84. The van der Waals surface area contributed by atoms with Crippen molar-refractivity contribution in [3.05, 3.63) is 94.8 Å². The number of rotatable bonds is 3. The maximum absolute atomic E-state index is 13.1. The third-order valence-corrected chi connectivity index (χ3v) is 4.24. The van der Waals surface area contributed by atoms with E-state index in [0.29, 0.717) is 11.4 Å². The summed E-state index contributed by atoms with van der Waals surface area (Å²) in [6.07, 6.45) is -4.54. The van der Waals surface area contributed by atoms with Gasteiger partial charge in [0.15, 0.2) is 0 Å². The maximum Gasteiger partial charge on any atom is 0.416 e. The SMILES string of the molecule is O=c1c2cc(C(F)(F)F)ccc2nc(Nc2ccccc2)n1-c1ccccc1. The predicted octanol–water partition coefficient (Wildman–Crippen LogP) is 5.15. The average molecular weight is 381 g/mol. The summed E-state index contributed by atoms with van der Waals surface area (Å²) in [5.41, 5.74) is -0.0882.